The van der Waals surface area contributed by atoms with Gasteiger partial charge in [-0.3, -0.25) is 23.6 Å². The molecule has 20 nitrogen and oxygen atoms in total. The Balaban J connectivity index is 1.15. The van der Waals surface area contributed by atoms with E-state index < -0.39 is 112 Å². The number of hydrazine groups is 1. The second kappa shape index (κ2) is 22.1. The lowest BCUT2D eigenvalue weighted by atomic mass is 9.78. The second-order valence-corrected chi connectivity index (χ2v) is 21.2. The van der Waals surface area contributed by atoms with E-state index in [0.29, 0.717) is 29.6 Å². The third-order valence-electron chi connectivity index (χ3n) is 15.8. The van der Waals surface area contributed by atoms with Gasteiger partial charge in [0.1, 0.15) is 28.9 Å². The van der Waals surface area contributed by atoms with Crippen molar-refractivity contribution in [3.8, 4) is 23.0 Å². The molecule has 0 unspecified atom stereocenters. The number of ether oxygens (including phenoxy) is 4. The quantitative estimate of drug-likeness (QED) is 0.0274. The van der Waals surface area contributed by atoms with E-state index in [1.807, 2.05) is 4.90 Å². The Labute approximate surface area is 449 Å². The van der Waals surface area contributed by atoms with E-state index in [1.165, 1.54) is 59.3 Å². The van der Waals surface area contributed by atoms with Gasteiger partial charge < -0.3 is 65.2 Å². The number of carbonyl (C=O) groups is 4. The number of aliphatic hydroxyl groups excluding tert-OH is 2. The predicted octanol–water partition coefficient (Wildman–Crippen LogP) is 6.78. The largest absolute Gasteiger partial charge is 0.507 e. The number of ketones is 1. The van der Waals surface area contributed by atoms with Crippen LogP contribution in [0.4, 0.5) is 15.8 Å². The van der Waals surface area contributed by atoms with Gasteiger partial charge in [-0.1, -0.05) is 45.9 Å². The Morgan fingerprint density at radius 2 is 1.67 bits per heavy atom. The van der Waals surface area contributed by atoms with Crippen molar-refractivity contribution in [2.75, 3.05) is 30.4 Å². The average molecular weight is 1080 g/mol. The topological polar surface area (TPSA) is 287 Å². The number of fused-ring (bicyclic) bond motifs is 15. The van der Waals surface area contributed by atoms with Gasteiger partial charge in [0.25, 0.3) is 17.2 Å². The number of anilines is 2. The summed E-state index contributed by atoms with van der Waals surface area (Å²) in [5.74, 6) is -11.1. The van der Waals surface area contributed by atoms with E-state index >= 15 is 4.39 Å². The normalized spacial score (nSPS) is 26.6. The first-order valence-electron chi connectivity index (χ1n) is 25.9. The molecule has 9 rings (SSSR count). The first-order chi connectivity index (χ1) is 36.8. The number of esters is 1. The molecule has 2 fully saturated rings. The van der Waals surface area contributed by atoms with Gasteiger partial charge >= 0.3 is 17.7 Å². The minimum Gasteiger partial charge on any atom is -0.507 e. The van der Waals surface area contributed by atoms with E-state index in [2.05, 4.69) is 16.2 Å². The van der Waals surface area contributed by atoms with Crippen LogP contribution in [0.15, 0.2) is 65.0 Å². The minimum absolute atomic E-state index is 0.000290. The molecule has 1 saturated heterocycles. The number of aromatic hydroxyl groups is 3. The Hall–Kier alpha value is -7.46. The van der Waals surface area contributed by atoms with Crippen molar-refractivity contribution in [1.82, 2.24) is 15.3 Å². The number of allylic oxidation sites excluding steroid dienone is 2. The number of amides is 1. The fourth-order valence-electron chi connectivity index (χ4n) is 11.1. The van der Waals surface area contributed by atoms with E-state index in [4.69, 9.17) is 18.9 Å². The Kier molecular flexibility index (Phi) is 16.1. The summed E-state index contributed by atoms with van der Waals surface area (Å²) in [5, 5.41) is 71.1. The molecule has 6 heterocycles. The molecule has 9 N–H and O–H groups in total. The standard InChI is InChI=1S/C57H68FN5O15/c1-25-12-11-13-26(2)54(71)61-43-37(22-60-59-21-33-16-18-62(23-33)45-28(4)44-35(34-14-15-34)20-36(56(73)74)55(72)63(44)24-38(45)58)49(68)40-41(50(43)69)48(67)31(7)52-42(40)53(70)57(9,78-52)76-19-17-39(75-10)27(3)51(77-32(8)64)30(6)47(66)29(5)46(25)65/h11-13,17,19-21,24-25,27,29-30,34,39,46-47,51,59-60,65-69H,14-16,18,22-23H2,1-10H3,(H,61,71)(H,73,74)/t25-,27+,29+,30+,39-,46-,47+,51+,57-/m0/s1. The lowest BCUT2D eigenvalue weighted by molar-refractivity contribution is -0.160. The number of carbonyl (C=O) groups excluding carboxylic acids is 3. The van der Waals surface area contributed by atoms with Crippen LogP contribution in [0, 0.1) is 43.3 Å². The Morgan fingerprint density at radius 3 is 2.32 bits per heavy atom. The molecule has 0 radical (unpaired) electrons. The number of phenolic OH excluding ortho intramolecular Hbond substituents is 3. The smallest absolute Gasteiger partial charge is 0.341 e. The number of halogens is 1. The van der Waals surface area contributed by atoms with Gasteiger partial charge in [0.05, 0.1) is 58.6 Å². The molecule has 0 spiro atoms. The van der Waals surface area contributed by atoms with Crippen molar-refractivity contribution in [3.63, 3.8) is 0 Å². The zero-order valence-corrected chi connectivity index (χ0v) is 45.2. The Bertz CT molecular complexity index is 3310. The van der Waals surface area contributed by atoms with Gasteiger partial charge in [-0.2, -0.15) is 0 Å². The number of benzene rings is 2. The van der Waals surface area contributed by atoms with Crippen LogP contribution in [-0.4, -0.2) is 109 Å². The molecule has 1 amide bonds. The third kappa shape index (κ3) is 10.4. The third-order valence-corrected chi connectivity index (χ3v) is 15.8. The number of carboxylic acid groups (broad SMARTS) is 1. The van der Waals surface area contributed by atoms with E-state index in [9.17, 15) is 54.6 Å². The number of carboxylic acids is 1. The predicted molar refractivity (Wildman–Crippen MR) is 286 cm³/mol. The first kappa shape index (κ1) is 56.7. The fourth-order valence-corrected chi connectivity index (χ4v) is 11.1. The summed E-state index contributed by atoms with van der Waals surface area (Å²) in [7, 11) is 1.41. The molecule has 5 aliphatic rings. The van der Waals surface area contributed by atoms with Crippen LogP contribution in [-0.2, 0) is 30.3 Å². The van der Waals surface area contributed by atoms with Crippen LogP contribution >= 0.6 is 0 Å². The molecule has 2 aromatic carbocycles. The number of nitrogens with one attached hydrogen (secondary N) is 3. The van der Waals surface area contributed by atoms with Gasteiger partial charge in [-0.25, -0.2) is 14.6 Å². The summed E-state index contributed by atoms with van der Waals surface area (Å²) in [4.78, 5) is 68.1. The molecule has 4 aromatic rings. The van der Waals surface area contributed by atoms with Crippen LogP contribution in [0.2, 0.25) is 0 Å². The van der Waals surface area contributed by atoms with Gasteiger partial charge in [0.15, 0.2) is 11.6 Å². The number of aromatic carboxylic acids is 1. The Morgan fingerprint density at radius 1 is 0.962 bits per heavy atom. The van der Waals surface area contributed by atoms with Crippen molar-refractivity contribution >= 4 is 51.3 Å². The maximum absolute atomic E-state index is 16.1. The molecule has 21 heteroatoms. The van der Waals surface area contributed by atoms with Gasteiger partial charge in [-0.05, 0) is 74.8 Å². The zero-order chi connectivity index (χ0) is 57.0. The monoisotopic (exact) mass is 1080 g/mol. The zero-order valence-electron chi connectivity index (χ0n) is 45.2. The number of hydrogen-bond donors (Lipinski definition) is 9. The summed E-state index contributed by atoms with van der Waals surface area (Å²) in [6, 6.07) is 1.40. The highest BCUT2D eigenvalue weighted by Gasteiger charge is 2.50. The highest BCUT2D eigenvalue weighted by molar-refractivity contribution is 6.22. The molecule has 78 heavy (non-hydrogen) atoms. The fraction of sp³-hybridized carbons (Fsp3) is 0.456. The van der Waals surface area contributed by atoms with Crippen LogP contribution in [0.25, 0.3) is 16.3 Å². The number of aryl methyl sites for hydroxylation is 1. The van der Waals surface area contributed by atoms with Crippen molar-refractivity contribution in [2.45, 2.75) is 124 Å². The average Bonchev–Trinajstić information content (AvgIpc) is 4.24. The van der Waals surface area contributed by atoms with E-state index in [1.54, 1.807) is 53.0 Å². The van der Waals surface area contributed by atoms with Crippen molar-refractivity contribution < 1.29 is 73.2 Å². The number of hydrogen-bond acceptors (Lipinski definition) is 17. The lowest BCUT2D eigenvalue weighted by Crippen LogP contribution is -2.46. The van der Waals surface area contributed by atoms with Gasteiger partial charge in [0, 0.05) is 92.5 Å². The maximum Gasteiger partial charge on any atom is 0.341 e. The summed E-state index contributed by atoms with van der Waals surface area (Å²) in [6.07, 6.45) is 7.99. The number of methoxy groups -OCH3 is 1. The number of rotatable bonds is 9. The SMILES string of the molecule is CO[C@H]1C=CO[C@@]2(C)Oc3c(C)c(O)c4c(O)c(c(CNNC=C5CCN(c6c(F)cn7c(=O)c(C(=O)O)cc(C8CC8)c7c6C)C5)c(O)c4c3C2=O)NC(=O)C(C)=CC=C[C@H](C)[C@H](O)[C@@H](C)[C@@H](O)[C@@H](C)[C@H](OC(C)=O)[C@@H]1C. The molecule has 5 bridgehead atoms. The summed E-state index contributed by atoms with van der Waals surface area (Å²) in [6.45, 7) is 14.3. The molecule has 9 atom stereocenters. The maximum atomic E-state index is 16.1. The lowest BCUT2D eigenvalue weighted by Gasteiger charge is -2.38. The van der Waals surface area contributed by atoms with Crippen molar-refractivity contribution in [3.05, 3.63) is 110 Å². The van der Waals surface area contributed by atoms with Crippen LogP contribution < -0.4 is 31.4 Å². The summed E-state index contributed by atoms with van der Waals surface area (Å²) < 4.78 is 40.9. The van der Waals surface area contributed by atoms with Crippen molar-refractivity contribution in [2.24, 2.45) is 23.7 Å². The van der Waals surface area contributed by atoms with Crippen LogP contribution in [0.3, 0.4) is 0 Å². The summed E-state index contributed by atoms with van der Waals surface area (Å²) in [5.41, 5.74) is 6.86. The molecular formula is C57H68FN5O15. The molecule has 2 aromatic heterocycles. The molecular weight excluding hydrogens is 1010 g/mol. The number of aromatic nitrogens is 1. The molecule has 1 aliphatic carbocycles. The van der Waals surface area contributed by atoms with E-state index in [-0.39, 0.29) is 69.2 Å². The van der Waals surface area contributed by atoms with Gasteiger partial charge in [-0.15, -0.1) is 0 Å². The van der Waals surface area contributed by atoms with Crippen LogP contribution in [0.5, 0.6) is 23.0 Å². The van der Waals surface area contributed by atoms with Crippen LogP contribution in [0.1, 0.15) is 117 Å². The number of phenols is 3. The second-order valence-electron chi connectivity index (χ2n) is 21.2. The first-order valence-corrected chi connectivity index (χ1v) is 25.9. The van der Waals surface area contributed by atoms with Crippen molar-refractivity contribution in [1.29, 1.82) is 0 Å². The number of pyridine rings is 2. The summed E-state index contributed by atoms with van der Waals surface area (Å²) >= 11 is 0. The number of Topliss-reactive ketones (excluding diaryl/α,β-unsaturated/α-hetero) is 1. The highest BCUT2D eigenvalue weighted by Crippen LogP contribution is 2.55. The van der Waals surface area contributed by atoms with Gasteiger partial charge in [0.2, 0.25) is 0 Å². The number of aliphatic hydroxyl groups is 2. The molecule has 4 aliphatic heterocycles. The highest BCUT2D eigenvalue weighted by atomic mass is 19.1. The number of nitrogens with zero attached hydrogens (tertiary/aromatic N) is 2. The molecule has 1 saturated carbocycles. The minimum atomic E-state index is -2.12. The van der Waals surface area contributed by atoms with E-state index in [0.717, 1.165) is 29.0 Å². The molecule has 418 valence electrons.